The molecule has 19 heavy (non-hydrogen) atoms. The average molecular weight is 281 g/mol. The third kappa shape index (κ3) is 5.17. The van der Waals surface area contributed by atoms with E-state index in [0.717, 1.165) is 6.54 Å². The van der Waals surface area contributed by atoms with Crippen LogP contribution >= 0.6 is 11.8 Å². The van der Waals surface area contributed by atoms with Gasteiger partial charge < -0.3 is 10.4 Å². The molecule has 0 aliphatic rings. The van der Waals surface area contributed by atoms with Gasteiger partial charge in [0, 0.05) is 17.8 Å². The maximum atomic E-state index is 9.33. The Hall–Kier alpha value is -0.510. The minimum absolute atomic E-state index is 0.229. The number of benzene rings is 1. The van der Waals surface area contributed by atoms with Crippen LogP contribution < -0.4 is 5.32 Å². The molecule has 0 spiro atoms. The highest BCUT2D eigenvalue weighted by Crippen LogP contribution is 2.24. The predicted molar refractivity (Wildman–Crippen MR) is 85.9 cm³/mol. The van der Waals surface area contributed by atoms with Gasteiger partial charge in [0.15, 0.2) is 0 Å². The Labute approximate surface area is 122 Å². The first-order valence-corrected chi connectivity index (χ1v) is 8.30. The van der Waals surface area contributed by atoms with Crippen LogP contribution in [0.1, 0.15) is 32.3 Å². The molecule has 0 aliphatic heterocycles. The molecule has 3 heteroatoms. The zero-order chi connectivity index (χ0) is 14.3. The molecular formula is C16H27NOS. The standard InChI is InChI=1S/C16H27NOS/c1-12(2)15(14-8-6-5-7-9-14)10-17-13(3)16(11-18)19-4/h5-9,12-13,15-18H,10-11H2,1-4H3. The largest absolute Gasteiger partial charge is 0.395 e. The summed E-state index contributed by atoms with van der Waals surface area (Å²) >= 11 is 1.72. The van der Waals surface area contributed by atoms with Crippen LogP contribution in [0, 0.1) is 5.92 Å². The lowest BCUT2D eigenvalue weighted by molar-refractivity contribution is 0.273. The number of hydrogen-bond acceptors (Lipinski definition) is 3. The second-order valence-electron chi connectivity index (χ2n) is 5.41. The molecule has 1 rings (SSSR count). The number of rotatable bonds is 8. The van der Waals surface area contributed by atoms with Gasteiger partial charge in [-0.25, -0.2) is 0 Å². The van der Waals surface area contributed by atoms with Crippen molar-refractivity contribution in [2.24, 2.45) is 5.92 Å². The number of thioether (sulfide) groups is 1. The van der Waals surface area contributed by atoms with Crippen molar-refractivity contribution in [3.63, 3.8) is 0 Å². The number of aliphatic hydroxyl groups is 1. The zero-order valence-electron chi connectivity index (χ0n) is 12.5. The fraction of sp³-hybridized carbons (Fsp3) is 0.625. The fourth-order valence-corrected chi connectivity index (χ4v) is 2.97. The summed E-state index contributed by atoms with van der Waals surface area (Å²) in [7, 11) is 0. The molecule has 0 amide bonds. The van der Waals surface area contributed by atoms with Crippen molar-refractivity contribution < 1.29 is 5.11 Å². The fourth-order valence-electron chi connectivity index (χ4n) is 2.32. The van der Waals surface area contributed by atoms with E-state index in [1.807, 2.05) is 0 Å². The molecule has 2 N–H and O–H groups in total. The van der Waals surface area contributed by atoms with Crippen molar-refractivity contribution in [1.82, 2.24) is 5.32 Å². The molecule has 0 heterocycles. The van der Waals surface area contributed by atoms with Gasteiger partial charge in [-0.15, -0.1) is 0 Å². The third-order valence-electron chi connectivity index (χ3n) is 3.73. The van der Waals surface area contributed by atoms with Crippen LogP contribution in [0.2, 0.25) is 0 Å². The van der Waals surface area contributed by atoms with Gasteiger partial charge in [0.25, 0.3) is 0 Å². The van der Waals surface area contributed by atoms with E-state index in [0.29, 0.717) is 17.9 Å². The van der Waals surface area contributed by atoms with Gasteiger partial charge in [-0.2, -0.15) is 11.8 Å². The number of hydrogen-bond donors (Lipinski definition) is 2. The van der Waals surface area contributed by atoms with Gasteiger partial charge in [0.2, 0.25) is 0 Å². The van der Waals surface area contributed by atoms with Crippen molar-refractivity contribution >= 4 is 11.8 Å². The number of aliphatic hydroxyl groups excluding tert-OH is 1. The molecule has 0 radical (unpaired) electrons. The van der Waals surface area contributed by atoms with Crippen LogP contribution in [0.25, 0.3) is 0 Å². The molecule has 0 bridgehead atoms. The summed E-state index contributed by atoms with van der Waals surface area (Å²) in [5, 5.41) is 13.2. The van der Waals surface area contributed by atoms with E-state index in [4.69, 9.17) is 0 Å². The van der Waals surface area contributed by atoms with Crippen molar-refractivity contribution in [1.29, 1.82) is 0 Å². The summed E-state index contributed by atoms with van der Waals surface area (Å²) in [6.07, 6.45) is 2.05. The maximum absolute atomic E-state index is 9.33. The van der Waals surface area contributed by atoms with Crippen LogP contribution in [0.15, 0.2) is 30.3 Å². The van der Waals surface area contributed by atoms with E-state index in [2.05, 4.69) is 62.7 Å². The highest BCUT2D eigenvalue weighted by molar-refractivity contribution is 7.99. The molecule has 108 valence electrons. The first kappa shape index (κ1) is 16.5. The van der Waals surface area contributed by atoms with E-state index in [9.17, 15) is 5.11 Å². The van der Waals surface area contributed by atoms with Crippen molar-refractivity contribution in [2.45, 2.75) is 38.0 Å². The third-order valence-corrected chi connectivity index (χ3v) is 4.90. The lowest BCUT2D eigenvalue weighted by Gasteiger charge is -2.27. The monoisotopic (exact) mass is 281 g/mol. The van der Waals surface area contributed by atoms with E-state index >= 15 is 0 Å². The van der Waals surface area contributed by atoms with Crippen molar-refractivity contribution in [2.75, 3.05) is 19.4 Å². The molecular weight excluding hydrogens is 254 g/mol. The first-order chi connectivity index (χ1) is 9.10. The van der Waals surface area contributed by atoms with E-state index in [1.54, 1.807) is 11.8 Å². The van der Waals surface area contributed by atoms with Gasteiger partial charge in [0.05, 0.1) is 6.61 Å². The Balaban J connectivity index is 2.61. The van der Waals surface area contributed by atoms with Gasteiger partial charge in [-0.05, 0) is 30.6 Å². The zero-order valence-corrected chi connectivity index (χ0v) is 13.3. The Bertz CT molecular complexity index is 338. The van der Waals surface area contributed by atoms with Crippen LogP contribution in [0.3, 0.4) is 0 Å². The van der Waals surface area contributed by atoms with Crippen LogP contribution in [-0.4, -0.2) is 35.8 Å². The summed E-state index contributed by atoms with van der Waals surface area (Å²) in [5.74, 6) is 1.12. The van der Waals surface area contributed by atoms with Crippen molar-refractivity contribution in [3.05, 3.63) is 35.9 Å². The maximum Gasteiger partial charge on any atom is 0.0564 e. The Morgan fingerprint density at radius 1 is 1.16 bits per heavy atom. The molecule has 0 aliphatic carbocycles. The summed E-state index contributed by atoms with van der Waals surface area (Å²) in [6.45, 7) is 7.87. The molecule has 1 aromatic rings. The molecule has 0 saturated carbocycles. The minimum Gasteiger partial charge on any atom is -0.395 e. The summed E-state index contributed by atoms with van der Waals surface area (Å²) in [6, 6.07) is 11.0. The molecule has 3 unspecified atom stereocenters. The highest BCUT2D eigenvalue weighted by atomic mass is 32.2. The lowest BCUT2D eigenvalue weighted by Crippen LogP contribution is -2.40. The van der Waals surface area contributed by atoms with Gasteiger partial charge in [0.1, 0.15) is 0 Å². The molecule has 3 atom stereocenters. The molecule has 0 saturated heterocycles. The summed E-state index contributed by atoms with van der Waals surface area (Å²) < 4.78 is 0. The second kappa shape index (κ2) is 8.62. The smallest absolute Gasteiger partial charge is 0.0564 e. The minimum atomic E-state index is 0.229. The quantitative estimate of drug-likeness (QED) is 0.768. The van der Waals surface area contributed by atoms with E-state index in [-0.39, 0.29) is 11.9 Å². The van der Waals surface area contributed by atoms with Gasteiger partial charge in [-0.1, -0.05) is 44.2 Å². The first-order valence-electron chi connectivity index (χ1n) is 7.02. The number of nitrogens with one attached hydrogen (secondary N) is 1. The Morgan fingerprint density at radius 2 is 1.79 bits per heavy atom. The van der Waals surface area contributed by atoms with Crippen LogP contribution in [0.5, 0.6) is 0 Å². The van der Waals surface area contributed by atoms with E-state index < -0.39 is 0 Å². The van der Waals surface area contributed by atoms with E-state index in [1.165, 1.54) is 5.56 Å². The SMILES string of the molecule is CSC(CO)C(C)NCC(c1ccccc1)C(C)C. The van der Waals surface area contributed by atoms with Gasteiger partial charge in [-0.3, -0.25) is 0 Å². The molecule has 0 aromatic heterocycles. The topological polar surface area (TPSA) is 32.3 Å². The summed E-state index contributed by atoms with van der Waals surface area (Å²) in [4.78, 5) is 0. The average Bonchev–Trinajstić information content (AvgIpc) is 2.41. The molecule has 0 fully saturated rings. The summed E-state index contributed by atoms with van der Waals surface area (Å²) in [5.41, 5.74) is 1.39. The van der Waals surface area contributed by atoms with Crippen LogP contribution in [-0.2, 0) is 0 Å². The normalized spacial score (nSPS) is 16.3. The Kier molecular flexibility index (Phi) is 7.51. The second-order valence-corrected chi connectivity index (χ2v) is 6.49. The predicted octanol–water partition coefficient (Wildman–Crippen LogP) is 3.13. The molecule has 2 nitrogen and oxygen atoms in total. The van der Waals surface area contributed by atoms with Crippen LogP contribution in [0.4, 0.5) is 0 Å². The Morgan fingerprint density at radius 3 is 2.26 bits per heavy atom. The van der Waals surface area contributed by atoms with Crippen molar-refractivity contribution in [3.8, 4) is 0 Å². The van der Waals surface area contributed by atoms with Gasteiger partial charge >= 0.3 is 0 Å². The highest BCUT2D eigenvalue weighted by Gasteiger charge is 2.19. The molecule has 1 aromatic carbocycles. The lowest BCUT2D eigenvalue weighted by atomic mass is 9.88.